The Labute approximate surface area is 97.9 Å². The molecule has 0 saturated heterocycles. The van der Waals surface area contributed by atoms with E-state index in [1.807, 2.05) is 37.3 Å². The quantitative estimate of drug-likeness (QED) is 0.767. The van der Waals surface area contributed by atoms with Crippen LogP contribution in [0.1, 0.15) is 21.0 Å². The summed E-state index contributed by atoms with van der Waals surface area (Å²) in [6, 6.07) is 10.0. The summed E-state index contributed by atoms with van der Waals surface area (Å²) in [6.07, 6.45) is 0.747. The summed E-state index contributed by atoms with van der Waals surface area (Å²) < 4.78 is 0. The molecule has 0 aliphatic carbocycles. The van der Waals surface area contributed by atoms with E-state index >= 15 is 0 Å². The zero-order chi connectivity index (χ0) is 10.7. The predicted molar refractivity (Wildman–Crippen MR) is 63.4 cm³/mol. The third-order valence-electron chi connectivity index (χ3n) is 2.08. The van der Waals surface area contributed by atoms with E-state index in [1.54, 1.807) is 11.3 Å². The topological polar surface area (TPSA) is 25.8 Å². The molecule has 0 N–H and O–H groups in total. The van der Waals surface area contributed by atoms with Crippen molar-refractivity contribution in [2.45, 2.75) is 18.7 Å². The van der Waals surface area contributed by atoms with Crippen molar-refractivity contribution < 1.29 is 0 Å². The maximum Gasteiger partial charge on any atom is 0.119 e. The SMILES string of the molecule is Cc1nnc(CC(Cl)c2ccccc2)s1. The Kier molecular flexibility index (Phi) is 3.34. The Morgan fingerprint density at radius 2 is 2.00 bits per heavy atom. The first-order valence-electron chi connectivity index (χ1n) is 4.73. The van der Waals surface area contributed by atoms with Gasteiger partial charge >= 0.3 is 0 Å². The number of rotatable bonds is 3. The fraction of sp³-hybridized carbons (Fsp3) is 0.273. The molecular formula is C11H11ClN2S. The second-order valence-electron chi connectivity index (χ2n) is 3.30. The van der Waals surface area contributed by atoms with Crippen molar-refractivity contribution in [3.8, 4) is 0 Å². The smallest absolute Gasteiger partial charge is 0.119 e. The minimum Gasteiger partial charge on any atom is -0.144 e. The molecular weight excluding hydrogens is 228 g/mol. The van der Waals surface area contributed by atoms with Crippen LogP contribution in [0.4, 0.5) is 0 Å². The van der Waals surface area contributed by atoms with Gasteiger partial charge in [0.15, 0.2) is 0 Å². The highest BCUT2D eigenvalue weighted by molar-refractivity contribution is 7.11. The molecule has 0 aliphatic rings. The minimum absolute atomic E-state index is 0.0152. The molecule has 0 aliphatic heterocycles. The number of nitrogens with zero attached hydrogens (tertiary/aromatic N) is 2. The van der Waals surface area contributed by atoms with Crippen molar-refractivity contribution in [3.05, 3.63) is 45.9 Å². The van der Waals surface area contributed by atoms with Crippen LogP contribution < -0.4 is 0 Å². The normalized spacial score (nSPS) is 12.7. The predicted octanol–water partition coefficient (Wildman–Crippen LogP) is 3.37. The second kappa shape index (κ2) is 4.73. The van der Waals surface area contributed by atoms with Gasteiger partial charge in [0.2, 0.25) is 0 Å². The largest absolute Gasteiger partial charge is 0.144 e. The van der Waals surface area contributed by atoms with Crippen molar-refractivity contribution >= 4 is 22.9 Å². The van der Waals surface area contributed by atoms with Crippen LogP contribution in [0.15, 0.2) is 30.3 Å². The van der Waals surface area contributed by atoms with Gasteiger partial charge in [-0.15, -0.1) is 33.1 Å². The van der Waals surface area contributed by atoms with E-state index in [0.717, 1.165) is 22.0 Å². The molecule has 0 spiro atoms. The molecule has 1 atom stereocenters. The van der Waals surface area contributed by atoms with Gasteiger partial charge in [0.05, 0.1) is 5.38 Å². The van der Waals surface area contributed by atoms with Gasteiger partial charge in [0, 0.05) is 6.42 Å². The van der Waals surface area contributed by atoms with Gasteiger partial charge in [-0.25, -0.2) is 0 Å². The molecule has 0 saturated carbocycles. The first kappa shape index (κ1) is 10.6. The fourth-order valence-electron chi connectivity index (χ4n) is 1.35. The Bertz CT molecular complexity index is 427. The lowest BCUT2D eigenvalue weighted by molar-refractivity contribution is 0.872. The zero-order valence-electron chi connectivity index (χ0n) is 8.35. The number of alkyl halides is 1. The summed E-state index contributed by atoms with van der Waals surface area (Å²) in [5, 5.41) is 10.0. The highest BCUT2D eigenvalue weighted by Gasteiger charge is 2.11. The fourth-order valence-corrected chi connectivity index (χ4v) is 2.49. The Morgan fingerprint density at radius 1 is 1.27 bits per heavy atom. The van der Waals surface area contributed by atoms with Crippen molar-refractivity contribution in [1.82, 2.24) is 10.2 Å². The summed E-state index contributed by atoms with van der Waals surface area (Å²) >= 11 is 7.89. The van der Waals surface area contributed by atoms with Gasteiger partial charge in [0.25, 0.3) is 0 Å². The molecule has 78 valence electrons. The summed E-state index contributed by atoms with van der Waals surface area (Å²) in [7, 11) is 0. The molecule has 1 aromatic carbocycles. The number of halogens is 1. The second-order valence-corrected chi connectivity index (χ2v) is 5.09. The van der Waals surface area contributed by atoms with Crippen LogP contribution in [0.5, 0.6) is 0 Å². The molecule has 0 radical (unpaired) electrons. The third kappa shape index (κ3) is 2.76. The third-order valence-corrected chi connectivity index (χ3v) is 3.35. The average molecular weight is 239 g/mol. The highest BCUT2D eigenvalue weighted by atomic mass is 35.5. The van der Waals surface area contributed by atoms with Gasteiger partial charge in [-0.1, -0.05) is 30.3 Å². The van der Waals surface area contributed by atoms with Crippen molar-refractivity contribution in [2.75, 3.05) is 0 Å². The molecule has 0 fully saturated rings. The molecule has 1 heterocycles. The molecule has 2 rings (SSSR count). The highest BCUT2D eigenvalue weighted by Crippen LogP contribution is 2.25. The summed E-state index contributed by atoms with van der Waals surface area (Å²) in [4.78, 5) is 0. The molecule has 0 amide bonds. The zero-order valence-corrected chi connectivity index (χ0v) is 9.92. The number of benzene rings is 1. The van der Waals surface area contributed by atoms with Crippen LogP contribution in [-0.4, -0.2) is 10.2 Å². The van der Waals surface area contributed by atoms with E-state index < -0.39 is 0 Å². The molecule has 1 aromatic heterocycles. The van der Waals surface area contributed by atoms with Crippen LogP contribution in [0.25, 0.3) is 0 Å². The lowest BCUT2D eigenvalue weighted by Gasteiger charge is -2.06. The first-order chi connectivity index (χ1) is 7.25. The molecule has 2 aromatic rings. The van der Waals surface area contributed by atoms with Crippen LogP contribution in [-0.2, 0) is 6.42 Å². The minimum atomic E-state index is -0.0152. The van der Waals surface area contributed by atoms with Crippen molar-refractivity contribution in [2.24, 2.45) is 0 Å². The monoisotopic (exact) mass is 238 g/mol. The summed E-state index contributed by atoms with van der Waals surface area (Å²) in [5.41, 5.74) is 1.13. The maximum absolute atomic E-state index is 6.29. The molecule has 4 heteroatoms. The molecule has 2 nitrogen and oxygen atoms in total. The Morgan fingerprint density at radius 3 is 2.60 bits per heavy atom. The van der Waals surface area contributed by atoms with Crippen LogP contribution in [0.2, 0.25) is 0 Å². The van der Waals surface area contributed by atoms with Crippen LogP contribution in [0.3, 0.4) is 0 Å². The lowest BCUT2D eigenvalue weighted by atomic mass is 10.1. The van der Waals surface area contributed by atoms with Gasteiger partial charge in [-0.2, -0.15) is 0 Å². The summed E-state index contributed by atoms with van der Waals surface area (Å²) in [5.74, 6) is 0. The Balaban J connectivity index is 2.07. The molecule has 15 heavy (non-hydrogen) atoms. The maximum atomic E-state index is 6.29. The molecule has 0 bridgehead atoms. The van der Waals surface area contributed by atoms with E-state index in [2.05, 4.69) is 10.2 Å². The number of hydrogen-bond donors (Lipinski definition) is 0. The standard InChI is InChI=1S/C11H11ClN2S/c1-8-13-14-11(15-8)7-10(12)9-5-3-2-4-6-9/h2-6,10H,7H2,1H3. The van der Waals surface area contributed by atoms with Gasteiger partial charge in [-0.05, 0) is 12.5 Å². The Hall–Kier alpha value is -0.930. The lowest BCUT2D eigenvalue weighted by Crippen LogP contribution is -1.95. The number of aryl methyl sites for hydroxylation is 1. The number of hydrogen-bond acceptors (Lipinski definition) is 3. The van der Waals surface area contributed by atoms with Crippen molar-refractivity contribution in [1.29, 1.82) is 0 Å². The van der Waals surface area contributed by atoms with E-state index in [9.17, 15) is 0 Å². The van der Waals surface area contributed by atoms with Gasteiger partial charge in [-0.3, -0.25) is 0 Å². The van der Waals surface area contributed by atoms with E-state index in [1.165, 1.54) is 0 Å². The average Bonchev–Trinajstić information content (AvgIpc) is 2.65. The van der Waals surface area contributed by atoms with Crippen LogP contribution in [0, 0.1) is 6.92 Å². The first-order valence-corrected chi connectivity index (χ1v) is 5.99. The van der Waals surface area contributed by atoms with E-state index in [0.29, 0.717) is 0 Å². The van der Waals surface area contributed by atoms with Crippen LogP contribution >= 0.6 is 22.9 Å². The van der Waals surface area contributed by atoms with Gasteiger partial charge < -0.3 is 0 Å². The summed E-state index contributed by atoms with van der Waals surface area (Å²) in [6.45, 7) is 1.95. The van der Waals surface area contributed by atoms with Crippen molar-refractivity contribution in [3.63, 3.8) is 0 Å². The van der Waals surface area contributed by atoms with Gasteiger partial charge in [0.1, 0.15) is 10.0 Å². The molecule has 1 unspecified atom stereocenters. The van der Waals surface area contributed by atoms with E-state index in [4.69, 9.17) is 11.6 Å². The van der Waals surface area contributed by atoms with E-state index in [-0.39, 0.29) is 5.38 Å². The number of aromatic nitrogens is 2.